The lowest BCUT2D eigenvalue weighted by Gasteiger charge is -2.22. The second-order valence-corrected chi connectivity index (χ2v) is 5.34. The molecule has 1 saturated carbocycles. The van der Waals surface area contributed by atoms with Crippen LogP contribution in [0.4, 0.5) is 0 Å². The van der Waals surface area contributed by atoms with E-state index in [9.17, 15) is 0 Å². The summed E-state index contributed by atoms with van der Waals surface area (Å²) < 4.78 is 5.74. The lowest BCUT2D eigenvalue weighted by atomic mass is 9.83. The molecule has 1 aliphatic heterocycles. The first kappa shape index (κ1) is 10.2. The highest BCUT2D eigenvalue weighted by molar-refractivity contribution is 5.43. The van der Waals surface area contributed by atoms with Gasteiger partial charge in [-0.2, -0.15) is 0 Å². The molecule has 16 heavy (non-hydrogen) atoms. The van der Waals surface area contributed by atoms with E-state index >= 15 is 0 Å². The molecular formula is C15H20O. The molecule has 86 valence electrons. The zero-order valence-corrected chi connectivity index (χ0v) is 10.0. The Balaban J connectivity index is 1.86. The number of rotatable bonds is 1. The summed E-state index contributed by atoms with van der Waals surface area (Å²) in [7, 11) is 0. The van der Waals surface area contributed by atoms with Crippen molar-refractivity contribution < 1.29 is 4.74 Å². The molecule has 1 fully saturated rings. The summed E-state index contributed by atoms with van der Waals surface area (Å²) in [4.78, 5) is 0. The molecule has 0 bridgehead atoms. The summed E-state index contributed by atoms with van der Waals surface area (Å²) in [5, 5.41) is 0. The molecule has 1 atom stereocenters. The maximum Gasteiger partial charge on any atom is 0.123 e. The monoisotopic (exact) mass is 216 g/mol. The maximum absolute atomic E-state index is 5.74. The Bertz CT molecular complexity index is 377. The second kappa shape index (κ2) is 4.12. The van der Waals surface area contributed by atoms with Crippen molar-refractivity contribution in [1.82, 2.24) is 0 Å². The molecule has 1 unspecified atom stereocenters. The van der Waals surface area contributed by atoms with Crippen molar-refractivity contribution in [2.45, 2.75) is 50.9 Å². The maximum atomic E-state index is 5.74. The van der Waals surface area contributed by atoms with Gasteiger partial charge in [-0.15, -0.1) is 0 Å². The minimum Gasteiger partial charge on any atom is -0.493 e. The van der Waals surface area contributed by atoms with E-state index in [-0.39, 0.29) is 0 Å². The van der Waals surface area contributed by atoms with E-state index in [1.165, 1.54) is 43.2 Å². The molecule has 1 aromatic rings. The third-order valence-electron chi connectivity index (χ3n) is 4.13. The fourth-order valence-electron chi connectivity index (χ4n) is 3.08. The predicted octanol–water partition coefficient (Wildman–Crippen LogP) is 4.23. The summed E-state index contributed by atoms with van der Waals surface area (Å²) >= 11 is 0. The Kier molecular flexibility index (Phi) is 2.62. The largest absolute Gasteiger partial charge is 0.493 e. The number of benzene rings is 1. The quantitative estimate of drug-likeness (QED) is 0.682. The molecule has 1 aliphatic carbocycles. The van der Waals surface area contributed by atoms with Crippen molar-refractivity contribution in [1.29, 1.82) is 0 Å². The topological polar surface area (TPSA) is 9.23 Å². The van der Waals surface area contributed by atoms with E-state index in [1.807, 2.05) is 0 Å². The molecule has 0 N–H and O–H groups in total. The summed E-state index contributed by atoms with van der Waals surface area (Å²) in [6, 6.07) is 6.92. The van der Waals surface area contributed by atoms with Gasteiger partial charge in [0, 0.05) is 11.5 Å². The van der Waals surface area contributed by atoms with Gasteiger partial charge in [0.15, 0.2) is 0 Å². The predicted molar refractivity (Wildman–Crippen MR) is 66.2 cm³/mol. The van der Waals surface area contributed by atoms with Gasteiger partial charge in [-0.25, -0.2) is 0 Å². The van der Waals surface area contributed by atoms with Gasteiger partial charge < -0.3 is 4.74 Å². The van der Waals surface area contributed by atoms with E-state index in [0.717, 1.165) is 18.3 Å². The highest BCUT2D eigenvalue weighted by Gasteiger charge is 2.22. The molecule has 2 aliphatic rings. The Morgan fingerprint density at radius 1 is 1.12 bits per heavy atom. The van der Waals surface area contributed by atoms with E-state index in [0.29, 0.717) is 5.92 Å². The van der Waals surface area contributed by atoms with Crippen LogP contribution in [0.15, 0.2) is 18.2 Å². The smallest absolute Gasteiger partial charge is 0.123 e. The molecule has 0 radical (unpaired) electrons. The lowest BCUT2D eigenvalue weighted by molar-refractivity contribution is 0.336. The SMILES string of the molecule is CC1COc2cc(C3CCCCC3)ccc21. The highest BCUT2D eigenvalue weighted by Crippen LogP contribution is 2.39. The van der Waals surface area contributed by atoms with Gasteiger partial charge in [-0.05, 0) is 30.4 Å². The molecule has 0 aromatic heterocycles. The van der Waals surface area contributed by atoms with Crippen LogP contribution in [0.5, 0.6) is 5.75 Å². The summed E-state index contributed by atoms with van der Waals surface area (Å²) in [5.74, 6) is 2.52. The number of ether oxygens (including phenoxy) is 1. The van der Waals surface area contributed by atoms with Gasteiger partial charge in [0.2, 0.25) is 0 Å². The first-order chi connectivity index (χ1) is 7.84. The minimum absolute atomic E-state index is 0.579. The van der Waals surface area contributed by atoms with Crippen LogP contribution in [0.1, 0.15) is 62.0 Å². The molecule has 0 spiro atoms. The van der Waals surface area contributed by atoms with E-state index in [4.69, 9.17) is 4.74 Å². The van der Waals surface area contributed by atoms with Crippen LogP contribution in [-0.2, 0) is 0 Å². The van der Waals surface area contributed by atoms with E-state index in [1.54, 1.807) is 0 Å². The van der Waals surface area contributed by atoms with Crippen molar-refractivity contribution in [2.24, 2.45) is 0 Å². The minimum atomic E-state index is 0.579. The Labute approximate surface area is 97.8 Å². The van der Waals surface area contributed by atoms with Crippen molar-refractivity contribution in [2.75, 3.05) is 6.61 Å². The Morgan fingerprint density at radius 3 is 2.75 bits per heavy atom. The zero-order chi connectivity index (χ0) is 11.0. The van der Waals surface area contributed by atoms with Crippen molar-refractivity contribution >= 4 is 0 Å². The van der Waals surface area contributed by atoms with Gasteiger partial charge in [-0.3, -0.25) is 0 Å². The summed E-state index contributed by atoms with van der Waals surface area (Å²) in [6.07, 6.45) is 6.97. The fourth-order valence-corrected chi connectivity index (χ4v) is 3.08. The van der Waals surface area contributed by atoms with Crippen LogP contribution in [0.3, 0.4) is 0 Å². The van der Waals surface area contributed by atoms with Crippen molar-refractivity contribution in [3.8, 4) is 5.75 Å². The first-order valence-corrected chi connectivity index (χ1v) is 6.61. The average Bonchev–Trinajstić information content (AvgIpc) is 2.72. The molecule has 1 nitrogen and oxygen atoms in total. The normalized spacial score (nSPS) is 25.2. The van der Waals surface area contributed by atoms with Crippen LogP contribution >= 0.6 is 0 Å². The van der Waals surface area contributed by atoms with Gasteiger partial charge in [-0.1, -0.05) is 38.3 Å². The Hall–Kier alpha value is -0.980. The molecule has 3 rings (SSSR count). The molecule has 0 amide bonds. The van der Waals surface area contributed by atoms with Crippen molar-refractivity contribution in [3.63, 3.8) is 0 Å². The second-order valence-electron chi connectivity index (χ2n) is 5.34. The Morgan fingerprint density at radius 2 is 1.94 bits per heavy atom. The number of hydrogen-bond acceptors (Lipinski definition) is 1. The molecule has 1 heteroatoms. The molecule has 1 aromatic carbocycles. The van der Waals surface area contributed by atoms with Crippen LogP contribution in [0.2, 0.25) is 0 Å². The fraction of sp³-hybridized carbons (Fsp3) is 0.600. The molecule has 1 heterocycles. The zero-order valence-electron chi connectivity index (χ0n) is 10.0. The third-order valence-corrected chi connectivity index (χ3v) is 4.13. The average molecular weight is 216 g/mol. The molecule has 0 saturated heterocycles. The van der Waals surface area contributed by atoms with Gasteiger partial charge >= 0.3 is 0 Å². The summed E-state index contributed by atoms with van der Waals surface area (Å²) in [5.41, 5.74) is 2.91. The van der Waals surface area contributed by atoms with Crippen LogP contribution in [-0.4, -0.2) is 6.61 Å². The van der Waals surface area contributed by atoms with Gasteiger partial charge in [0.25, 0.3) is 0 Å². The van der Waals surface area contributed by atoms with Gasteiger partial charge in [0.05, 0.1) is 6.61 Å². The van der Waals surface area contributed by atoms with Crippen molar-refractivity contribution in [3.05, 3.63) is 29.3 Å². The van der Waals surface area contributed by atoms with Crippen LogP contribution < -0.4 is 4.74 Å². The van der Waals surface area contributed by atoms with E-state index < -0.39 is 0 Å². The van der Waals surface area contributed by atoms with Crippen LogP contribution in [0.25, 0.3) is 0 Å². The lowest BCUT2D eigenvalue weighted by Crippen LogP contribution is -2.04. The molecular weight excluding hydrogens is 196 g/mol. The van der Waals surface area contributed by atoms with Crippen LogP contribution in [0, 0.1) is 0 Å². The highest BCUT2D eigenvalue weighted by atomic mass is 16.5. The van der Waals surface area contributed by atoms with E-state index in [2.05, 4.69) is 25.1 Å². The number of fused-ring (bicyclic) bond motifs is 1. The standard InChI is InChI=1S/C15H20O/c1-11-10-16-15-9-13(7-8-14(11)15)12-5-3-2-4-6-12/h7-9,11-12H,2-6,10H2,1H3. The third kappa shape index (κ3) is 1.73. The first-order valence-electron chi connectivity index (χ1n) is 6.61. The summed E-state index contributed by atoms with van der Waals surface area (Å²) in [6.45, 7) is 3.11. The number of hydrogen-bond donors (Lipinski definition) is 0. The van der Waals surface area contributed by atoms with Gasteiger partial charge in [0.1, 0.15) is 5.75 Å².